The fraction of sp³-hybridized carbons (Fsp3) is 0.700. The van der Waals surface area contributed by atoms with E-state index in [1.54, 1.807) is 6.20 Å². The molecule has 80 valence electrons. The maximum atomic E-state index is 6.03. The van der Waals surface area contributed by atoms with Crippen LogP contribution in [0.25, 0.3) is 0 Å². The molecule has 0 unspecified atom stereocenters. The number of hydrogen-bond donors (Lipinski definition) is 1. The molecule has 1 aromatic heterocycles. The van der Waals surface area contributed by atoms with E-state index in [9.17, 15) is 0 Å². The SMILES string of the molecule is CCCNCCc1c(Cl)cnn1CC. The highest BCUT2D eigenvalue weighted by Gasteiger charge is 2.06. The van der Waals surface area contributed by atoms with Crippen molar-refractivity contribution < 1.29 is 0 Å². The summed E-state index contributed by atoms with van der Waals surface area (Å²) in [5.41, 5.74) is 1.14. The molecule has 0 atom stereocenters. The minimum Gasteiger partial charge on any atom is -0.316 e. The van der Waals surface area contributed by atoms with Crippen molar-refractivity contribution in [2.45, 2.75) is 33.2 Å². The van der Waals surface area contributed by atoms with Crippen LogP contribution >= 0.6 is 11.6 Å². The van der Waals surface area contributed by atoms with Gasteiger partial charge in [-0.25, -0.2) is 0 Å². The molecule has 0 aliphatic carbocycles. The topological polar surface area (TPSA) is 29.9 Å². The first-order chi connectivity index (χ1) is 6.79. The third-order valence-electron chi connectivity index (χ3n) is 2.16. The van der Waals surface area contributed by atoms with Gasteiger partial charge in [0, 0.05) is 19.5 Å². The predicted octanol–water partition coefficient (Wildman–Crippen LogP) is 2.10. The van der Waals surface area contributed by atoms with Crippen LogP contribution in [0, 0.1) is 0 Å². The van der Waals surface area contributed by atoms with Crippen LogP contribution in [0.1, 0.15) is 26.0 Å². The van der Waals surface area contributed by atoms with Gasteiger partial charge in [-0.15, -0.1) is 0 Å². The van der Waals surface area contributed by atoms with Crippen molar-refractivity contribution >= 4 is 11.6 Å². The zero-order valence-electron chi connectivity index (χ0n) is 8.89. The molecule has 0 aliphatic heterocycles. The number of nitrogens with zero attached hydrogens (tertiary/aromatic N) is 2. The first-order valence-electron chi connectivity index (χ1n) is 5.20. The van der Waals surface area contributed by atoms with Gasteiger partial charge in [0.25, 0.3) is 0 Å². The Balaban J connectivity index is 2.44. The molecule has 4 heteroatoms. The quantitative estimate of drug-likeness (QED) is 0.737. The molecule has 0 aromatic carbocycles. The van der Waals surface area contributed by atoms with Crippen LogP contribution in [0.5, 0.6) is 0 Å². The van der Waals surface area contributed by atoms with Gasteiger partial charge >= 0.3 is 0 Å². The molecule has 0 spiro atoms. The summed E-state index contributed by atoms with van der Waals surface area (Å²) in [5, 5.41) is 8.32. The van der Waals surface area contributed by atoms with E-state index < -0.39 is 0 Å². The third kappa shape index (κ3) is 3.00. The van der Waals surface area contributed by atoms with E-state index in [0.717, 1.165) is 36.8 Å². The van der Waals surface area contributed by atoms with Crippen molar-refractivity contribution in [2.75, 3.05) is 13.1 Å². The number of hydrogen-bond acceptors (Lipinski definition) is 2. The fourth-order valence-corrected chi connectivity index (χ4v) is 1.65. The van der Waals surface area contributed by atoms with Gasteiger partial charge in [-0.3, -0.25) is 4.68 Å². The number of aryl methyl sites for hydroxylation is 1. The summed E-state index contributed by atoms with van der Waals surface area (Å²) in [6.07, 6.45) is 3.84. The maximum absolute atomic E-state index is 6.03. The first-order valence-corrected chi connectivity index (χ1v) is 5.58. The Morgan fingerprint density at radius 2 is 2.21 bits per heavy atom. The van der Waals surface area contributed by atoms with Crippen molar-refractivity contribution in [3.8, 4) is 0 Å². The third-order valence-corrected chi connectivity index (χ3v) is 2.48. The first kappa shape index (κ1) is 11.5. The van der Waals surface area contributed by atoms with E-state index in [1.165, 1.54) is 6.42 Å². The fourth-order valence-electron chi connectivity index (χ4n) is 1.42. The van der Waals surface area contributed by atoms with Crippen LogP contribution in [-0.2, 0) is 13.0 Å². The van der Waals surface area contributed by atoms with Crippen LogP contribution in [0.3, 0.4) is 0 Å². The van der Waals surface area contributed by atoms with E-state index in [4.69, 9.17) is 11.6 Å². The molecule has 1 N–H and O–H groups in total. The average Bonchev–Trinajstić information content (AvgIpc) is 2.55. The molecule has 1 heterocycles. The lowest BCUT2D eigenvalue weighted by Gasteiger charge is -2.06. The van der Waals surface area contributed by atoms with Gasteiger partial charge in [0.15, 0.2) is 0 Å². The van der Waals surface area contributed by atoms with Gasteiger partial charge in [0.05, 0.1) is 16.9 Å². The highest BCUT2D eigenvalue weighted by Crippen LogP contribution is 2.14. The molecule has 0 bridgehead atoms. The van der Waals surface area contributed by atoms with Crippen molar-refractivity contribution in [1.82, 2.24) is 15.1 Å². The summed E-state index contributed by atoms with van der Waals surface area (Å²) in [4.78, 5) is 0. The number of halogens is 1. The largest absolute Gasteiger partial charge is 0.316 e. The summed E-state index contributed by atoms with van der Waals surface area (Å²) < 4.78 is 1.95. The Morgan fingerprint density at radius 3 is 2.86 bits per heavy atom. The number of rotatable bonds is 6. The lowest BCUT2D eigenvalue weighted by atomic mass is 10.3. The lowest BCUT2D eigenvalue weighted by Crippen LogP contribution is -2.19. The second-order valence-corrected chi connectivity index (χ2v) is 3.66. The molecule has 0 aliphatic rings. The summed E-state index contributed by atoms with van der Waals surface area (Å²) in [5.74, 6) is 0. The predicted molar refractivity (Wildman–Crippen MR) is 59.8 cm³/mol. The second-order valence-electron chi connectivity index (χ2n) is 3.25. The second kappa shape index (κ2) is 6.04. The van der Waals surface area contributed by atoms with Gasteiger partial charge in [-0.1, -0.05) is 18.5 Å². The Morgan fingerprint density at radius 1 is 1.43 bits per heavy atom. The highest BCUT2D eigenvalue weighted by atomic mass is 35.5. The maximum Gasteiger partial charge on any atom is 0.0818 e. The monoisotopic (exact) mass is 215 g/mol. The van der Waals surface area contributed by atoms with E-state index >= 15 is 0 Å². The van der Waals surface area contributed by atoms with Gasteiger partial charge in [-0.2, -0.15) is 5.10 Å². The molecular formula is C10H18ClN3. The lowest BCUT2D eigenvalue weighted by molar-refractivity contribution is 0.596. The standard InChI is InChI=1S/C10H18ClN3/c1-3-6-12-7-5-10-9(11)8-13-14(10)4-2/h8,12H,3-7H2,1-2H3. The molecule has 1 aromatic rings. The molecule has 1 rings (SSSR count). The Bertz CT molecular complexity index is 270. The summed E-state index contributed by atoms with van der Waals surface area (Å²) >= 11 is 6.03. The van der Waals surface area contributed by atoms with Crippen LogP contribution in [0.15, 0.2) is 6.20 Å². The summed E-state index contributed by atoms with van der Waals surface area (Å²) in [6, 6.07) is 0. The van der Waals surface area contributed by atoms with E-state index in [2.05, 4.69) is 24.3 Å². The van der Waals surface area contributed by atoms with Gasteiger partial charge in [0.2, 0.25) is 0 Å². The molecule has 0 radical (unpaired) electrons. The molecule has 3 nitrogen and oxygen atoms in total. The van der Waals surface area contributed by atoms with Crippen molar-refractivity contribution in [3.05, 3.63) is 16.9 Å². The van der Waals surface area contributed by atoms with Crippen molar-refractivity contribution in [3.63, 3.8) is 0 Å². The summed E-state index contributed by atoms with van der Waals surface area (Å²) in [7, 11) is 0. The average molecular weight is 216 g/mol. The Labute approximate surface area is 90.4 Å². The van der Waals surface area contributed by atoms with Crippen LogP contribution in [-0.4, -0.2) is 22.9 Å². The van der Waals surface area contributed by atoms with Crippen molar-refractivity contribution in [2.24, 2.45) is 0 Å². The number of aromatic nitrogens is 2. The molecule has 0 amide bonds. The van der Waals surface area contributed by atoms with E-state index in [-0.39, 0.29) is 0 Å². The minimum atomic E-state index is 0.783. The normalized spacial score (nSPS) is 10.8. The molecule has 14 heavy (non-hydrogen) atoms. The molecular weight excluding hydrogens is 198 g/mol. The Kier molecular flexibility index (Phi) is 4.98. The number of nitrogens with one attached hydrogen (secondary N) is 1. The zero-order chi connectivity index (χ0) is 10.4. The van der Waals surface area contributed by atoms with Crippen LogP contribution in [0.4, 0.5) is 0 Å². The molecule has 0 fully saturated rings. The molecule has 0 saturated heterocycles. The van der Waals surface area contributed by atoms with E-state index in [0.29, 0.717) is 0 Å². The van der Waals surface area contributed by atoms with Crippen LogP contribution in [0.2, 0.25) is 5.02 Å². The van der Waals surface area contributed by atoms with E-state index in [1.807, 2.05) is 4.68 Å². The Hall–Kier alpha value is -0.540. The summed E-state index contributed by atoms with van der Waals surface area (Å²) in [6.45, 7) is 7.16. The highest BCUT2D eigenvalue weighted by molar-refractivity contribution is 6.31. The smallest absolute Gasteiger partial charge is 0.0818 e. The zero-order valence-corrected chi connectivity index (χ0v) is 9.64. The van der Waals surface area contributed by atoms with Gasteiger partial charge in [0.1, 0.15) is 0 Å². The minimum absolute atomic E-state index is 0.783. The van der Waals surface area contributed by atoms with Gasteiger partial charge < -0.3 is 5.32 Å². The van der Waals surface area contributed by atoms with Crippen LogP contribution < -0.4 is 5.32 Å². The molecule has 0 saturated carbocycles. The van der Waals surface area contributed by atoms with Crippen molar-refractivity contribution in [1.29, 1.82) is 0 Å². The van der Waals surface area contributed by atoms with Gasteiger partial charge in [-0.05, 0) is 19.9 Å².